The summed E-state index contributed by atoms with van der Waals surface area (Å²) in [6.45, 7) is 6.76. The van der Waals surface area contributed by atoms with Gasteiger partial charge < -0.3 is 15.0 Å². The third-order valence-electron chi connectivity index (χ3n) is 4.08. The van der Waals surface area contributed by atoms with Crippen molar-refractivity contribution < 1.29 is 4.74 Å². The van der Waals surface area contributed by atoms with Gasteiger partial charge in [0.25, 0.3) is 0 Å². The van der Waals surface area contributed by atoms with Gasteiger partial charge in [-0.2, -0.15) is 0 Å². The quantitative estimate of drug-likeness (QED) is 0.450. The number of benzene rings is 1. The van der Waals surface area contributed by atoms with Gasteiger partial charge in [0.15, 0.2) is 5.96 Å². The van der Waals surface area contributed by atoms with E-state index < -0.39 is 0 Å². The van der Waals surface area contributed by atoms with Crippen LogP contribution in [-0.2, 0) is 4.74 Å². The maximum absolute atomic E-state index is 6.07. The van der Waals surface area contributed by atoms with Crippen LogP contribution in [0.4, 0.5) is 0 Å². The van der Waals surface area contributed by atoms with E-state index in [1.807, 2.05) is 19.0 Å². The zero-order valence-electron chi connectivity index (χ0n) is 14.7. The molecule has 2 rings (SSSR count). The number of hydrogen-bond donors (Lipinski definition) is 1. The number of halogens is 1. The largest absolute Gasteiger partial charge is 0.373 e. The first kappa shape index (κ1) is 20.2. The number of rotatable bonds is 4. The molecule has 1 N–H and O–H groups in total. The van der Waals surface area contributed by atoms with Gasteiger partial charge in [0.1, 0.15) is 0 Å². The lowest BCUT2D eigenvalue weighted by molar-refractivity contribution is -0.0250. The summed E-state index contributed by atoms with van der Waals surface area (Å²) in [6.07, 6.45) is 2.47. The molecule has 23 heavy (non-hydrogen) atoms. The summed E-state index contributed by atoms with van der Waals surface area (Å²) in [4.78, 5) is 6.82. The van der Waals surface area contributed by atoms with Gasteiger partial charge in [0.05, 0.1) is 6.10 Å². The molecule has 0 bridgehead atoms. The van der Waals surface area contributed by atoms with Crippen LogP contribution in [0.2, 0.25) is 0 Å². The predicted octanol–water partition coefficient (Wildman–Crippen LogP) is 3.61. The van der Waals surface area contributed by atoms with Crippen LogP contribution in [0.25, 0.3) is 0 Å². The summed E-state index contributed by atoms with van der Waals surface area (Å²) in [6, 6.07) is 8.72. The minimum absolute atomic E-state index is 0. The molecule has 4 nitrogen and oxygen atoms in total. The topological polar surface area (TPSA) is 36.9 Å². The molecule has 0 radical (unpaired) electrons. The smallest absolute Gasteiger partial charge is 0.193 e. The molecule has 1 aliphatic rings. The monoisotopic (exact) mass is 431 g/mol. The van der Waals surface area contributed by atoms with Gasteiger partial charge in [-0.05, 0) is 32.3 Å². The molecule has 1 aromatic rings. The fourth-order valence-electron chi connectivity index (χ4n) is 2.87. The van der Waals surface area contributed by atoms with E-state index in [1.165, 1.54) is 17.5 Å². The van der Waals surface area contributed by atoms with Crippen molar-refractivity contribution in [1.29, 1.82) is 0 Å². The van der Waals surface area contributed by atoms with Gasteiger partial charge in [-0.15, -0.1) is 24.0 Å². The highest BCUT2D eigenvalue weighted by Gasteiger charge is 2.27. The second kappa shape index (κ2) is 10.1. The highest BCUT2D eigenvalue weighted by Crippen LogP contribution is 2.33. The Labute approximate surface area is 157 Å². The summed E-state index contributed by atoms with van der Waals surface area (Å²) >= 11 is 0. The van der Waals surface area contributed by atoms with Crippen molar-refractivity contribution in [3.63, 3.8) is 0 Å². The maximum Gasteiger partial charge on any atom is 0.193 e. The van der Waals surface area contributed by atoms with Crippen LogP contribution in [0.1, 0.15) is 37.0 Å². The molecule has 2 atom stereocenters. The second-order valence-electron chi connectivity index (χ2n) is 6.19. The van der Waals surface area contributed by atoms with Gasteiger partial charge >= 0.3 is 0 Å². The summed E-state index contributed by atoms with van der Waals surface area (Å²) in [5, 5.41) is 3.32. The van der Waals surface area contributed by atoms with Crippen molar-refractivity contribution in [3.05, 3.63) is 35.4 Å². The molecule has 130 valence electrons. The number of nitrogens with zero attached hydrogens (tertiary/aromatic N) is 2. The van der Waals surface area contributed by atoms with Gasteiger partial charge in [-0.3, -0.25) is 4.99 Å². The molecule has 5 heteroatoms. The van der Waals surface area contributed by atoms with E-state index in [2.05, 4.69) is 43.4 Å². The van der Waals surface area contributed by atoms with Gasteiger partial charge in [0.2, 0.25) is 0 Å². The number of nitrogens with one attached hydrogen (secondary N) is 1. The molecule has 0 aliphatic carbocycles. The van der Waals surface area contributed by atoms with E-state index in [0.717, 1.165) is 32.1 Å². The average molecular weight is 431 g/mol. The summed E-state index contributed by atoms with van der Waals surface area (Å²) in [5.74, 6) is 1.40. The lowest BCUT2D eigenvalue weighted by Gasteiger charge is -2.31. The lowest BCUT2D eigenvalue weighted by Crippen LogP contribution is -2.37. The Hall–Kier alpha value is -0.820. The molecule has 1 aromatic carbocycles. The molecular formula is C18H30IN3O. The Bertz CT molecular complexity index is 488. The molecule has 0 amide bonds. The number of ether oxygens (including phenoxy) is 1. The van der Waals surface area contributed by atoms with Crippen LogP contribution in [-0.4, -0.2) is 44.7 Å². The molecule has 1 aliphatic heterocycles. The third kappa shape index (κ3) is 5.95. The minimum atomic E-state index is 0. The SMILES string of the molecule is CCNC(=NCC1CCCOC1c1ccc(C)cc1)N(C)C.I. The zero-order valence-corrected chi connectivity index (χ0v) is 17.0. The first-order valence-electron chi connectivity index (χ1n) is 8.25. The fourth-order valence-corrected chi connectivity index (χ4v) is 2.87. The molecular weight excluding hydrogens is 401 g/mol. The molecule has 1 saturated heterocycles. The van der Waals surface area contributed by atoms with Crippen LogP contribution in [0.3, 0.4) is 0 Å². The van der Waals surface area contributed by atoms with E-state index in [-0.39, 0.29) is 30.1 Å². The molecule has 0 saturated carbocycles. The minimum Gasteiger partial charge on any atom is -0.373 e. The maximum atomic E-state index is 6.07. The molecule has 0 spiro atoms. The highest BCUT2D eigenvalue weighted by atomic mass is 127. The van der Waals surface area contributed by atoms with Gasteiger partial charge in [0, 0.05) is 39.7 Å². The molecule has 1 fully saturated rings. The average Bonchev–Trinajstić information content (AvgIpc) is 2.52. The Morgan fingerprint density at radius 2 is 2.00 bits per heavy atom. The van der Waals surface area contributed by atoms with Crippen molar-refractivity contribution >= 4 is 29.9 Å². The standard InChI is InChI=1S/C18H29N3O.HI/c1-5-19-18(21(3)4)20-13-16-7-6-12-22-17(16)15-10-8-14(2)9-11-15;/h8-11,16-17H,5-7,12-13H2,1-4H3,(H,19,20);1H. The van der Waals surface area contributed by atoms with Crippen molar-refractivity contribution in [2.24, 2.45) is 10.9 Å². The summed E-state index contributed by atoms with van der Waals surface area (Å²) in [5.41, 5.74) is 2.57. The molecule has 2 unspecified atom stereocenters. The predicted molar refractivity (Wildman–Crippen MR) is 108 cm³/mol. The summed E-state index contributed by atoms with van der Waals surface area (Å²) < 4.78 is 6.07. The van der Waals surface area contributed by atoms with Crippen LogP contribution < -0.4 is 5.32 Å². The fraction of sp³-hybridized carbons (Fsp3) is 0.611. The van der Waals surface area contributed by atoms with E-state index in [9.17, 15) is 0 Å². The second-order valence-corrected chi connectivity index (χ2v) is 6.19. The van der Waals surface area contributed by atoms with Gasteiger partial charge in [-0.25, -0.2) is 0 Å². The van der Waals surface area contributed by atoms with Crippen molar-refractivity contribution in [3.8, 4) is 0 Å². The Morgan fingerprint density at radius 1 is 1.30 bits per heavy atom. The van der Waals surface area contributed by atoms with Crippen molar-refractivity contribution in [2.45, 2.75) is 32.8 Å². The van der Waals surface area contributed by atoms with Crippen LogP contribution in [0.15, 0.2) is 29.3 Å². The highest BCUT2D eigenvalue weighted by molar-refractivity contribution is 14.0. The van der Waals surface area contributed by atoms with E-state index in [0.29, 0.717) is 5.92 Å². The van der Waals surface area contributed by atoms with E-state index in [4.69, 9.17) is 9.73 Å². The number of hydrogen-bond acceptors (Lipinski definition) is 2. The van der Waals surface area contributed by atoms with Crippen molar-refractivity contribution in [2.75, 3.05) is 33.8 Å². The van der Waals surface area contributed by atoms with Crippen LogP contribution >= 0.6 is 24.0 Å². The molecule has 1 heterocycles. The number of aryl methyl sites for hydroxylation is 1. The van der Waals surface area contributed by atoms with Crippen molar-refractivity contribution in [1.82, 2.24) is 10.2 Å². The van der Waals surface area contributed by atoms with Crippen LogP contribution in [0, 0.1) is 12.8 Å². The Balaban J connectivity index is 0.00000264. The number of guanidine groups is 1. The number of aliphatic imine (C=N–C) groups is 1. The summed E-state index contributed by atoms with van der Waals surface area (Å²) in [7, 11) is 4.05. The van der Waals surface area contributed by atoms with E-state index in [1.54, 1.807) is 0 Å². The third-order valence-corrected chi connectivity index (χ3v) is 4.08. The first-order valence-corrected chi connectivity index (χ1v) is 8.25. The normalized spacial score (nSPS) is 21.5. The first-order chi connectivity index (χ1) is 10.6. The Kier molecular flexibility index (Phi) is 8.91. The van der Waals surface area contributed by atoms with Gasteiger partial charge in [-0.1, -0.05) is 29.8 Å². The van der Waals surface area contributed by atoms with E-state index >= 15 is 0 Å². The lowest BCUT2D eigenvalue weighted by atomic mass is 9.89. The van der Waals surface area contributed by atoms with Crippen LogP contribution in [0.5, 0.6) is 0 Å². The zero-order chi connectivity index (χ0) is 15.9. The Morgan fingerprint density at radius 3 is 2.61 bits per heavy atom. The molecule has 0 aromatic heterocycles.